The van der Waals surface area contributed by atoms with E-state index in [2.05, 4.69) is 35.5 Å². The number of benzene rings is 1. The quantitative estimate of drug-likeness (QED) is 0.919. The van der Waals surface area contributed by atoms with Gasteiger partial charge in [-0.2, -0.15) is 0 Å². The van der Waals surface area contributed by atoms with Crippen LogP contribution in [0.15, 0.2) is 18.2 Å². The van der Waals surface area contributed by atoms with Crippen molar-refractivity contribution in [2.75, 3.05) is 25.0 Å². The summed E-state index contributed by atoms with van der Waals surface area (Å²) in [4.78, 5) is 14.1. The number of aryl methyl sites for hydroxylation is 1. The lowest BCUT2D eigenvalue weighted by atomic mass is 9.95. The Labute approximate surface area is 122 Å². The molecule has 1 aliphatic heterocycles. The lowest BCUT2D eigenvalue weighted by Gasteiger charge is -2.28. The smallest absolute Gasteiger partial charge is 0.225 e. The molecule has 1 heterocycles. The van der Waals surface area contributed by atoms with Gasteiger partial charge in [0.15, 0.2) is 0 Å². The van der Waals surface area contributed by atoms with E-state index in [0.717, 1.165) is 13.0 Å². The van der Waals surface area contributed by atoms with Gasteiger partial charge in [0.2, 0.25) is 5.91 Å². The van der Waals surface area contributed by atoms with E-state index in [0.29, 0.717) is 6.54 Å². The van der Waals surface area contributed by atoms with Crippen LogP contribution in [-0.4, -0.2) is 26.0 Å². The summed E-state index contributed by atoms with van der Waals surface area (Å²) in [5, 5.41) is 3.01. The summed E-state index contributed by atoms with van der Waals surface area (Å²) in [6.45, 7) is 7.68. The van der Waals surface area contributed by atoms with Gasteiger partial charge in [-0.05, 0) is 36.5 Å². The first-order valence-corrected chi connectivity index (χ1v) is 7.49. The highest BCUT2D eigenvalue weighted by atomic mass is 16.2. The Morgan fingerprint density at radius 1 is 1.35 bits per heavy atom. The van der Waals surface area contributed by atoms with Crippen LogP contribution < -0.4 is 10.2 Å². The average molecular weight is 274 g/mol. The third-order valence-electron chi connectivity index (χ3n) is 3.88. The Balaban J connectivity index is 1.93. The first kappa shape index (κ1) is 14.9. The Hall–Kier alpha value is -1.51. The molecule has 1 N–H and O–H groups in total. The van der Waals surface area contributed by atoms with Crippen molar-refractivity contribution in [3.05, 3.63) is 29.3 Å². The number of rotatable bonds is 3. The van der Waals surface area contributed by atoms with Gasteiger partial charge < -0.3 is 10.2 Å². The molecule has 1 amide bonds. The number of nitrogens with zero attached hydrogens (tertiary/aromatic N) is 1. The Morgan fingerprint density at radius 3 is 2.80 bits per heavy atom. The van der Waals surface area contributed by atoms with Crippen molar-refractivity contribution in [3.63, 3.8) is 0 Å². The number of anilines is 1. The normalized spacial score (nSPS) is 14.9. The highest BCUT2D eigenvalue weighted by Gasteiger charge is 2.20. The van der Waals surface area contributed by atoms with Gasteiger partial charge in [0.1, 0.15) is 0 Å². The summed E-state index contributed by atoms with van der Waals surface area (Å²) in [6, 6.07) is 6.70. The summed E-state index contributed by atoms with van der Waals surface area (Å²) in [5.41, 5.74) is 3.81. The van der Waals surface area contributed by atoms with Gasteiger partial charge in [0.05, 0.1) is 0 Å². The summed E-state index contributed by atoms with van der Waals surface area (Å²) in [5.74, 6) is 0.121. The number of amides is 1. The Morgan fingerprint density at radius 2 is 2.10 bits per heavy atom. The predicted molar refractivity (Wildman–Crippen MR) is 84.2 cm³/mol. The minimum atomic E-state index is -0.307. The van der Waals surface area contributed by atoms with Crippen molar-refractivity contribution in [3.8, 4) is 0 Å². The predicted octanol–water partition coefficient (Wildman–Crippen LogP) is 2.77. The molecule has 2 rings (SSSR count). The summed E-state index contributed by atoms with van der Waals surface area (Å²) < 4.78 is 0. The maximum absolute atomic E-state index is 11.8. The van der Waals surface area contributed by atoms with Crippen molar-refractivity contribution in [1.82, 2.24) is 5.32 Å². The molecule has 0 spiro atoms. The summed E-state index contributed by atoms with van der Waals surface area (Å²) in [7, 11) is 2.15. The van der Waals surface area contributed by atoms with Gasteiger partial charge in [0.25, 0.3) is 0 Å². The Bertz CT molecular complexity index is 488. The summed E-state index contributed by atoms with van der Waals surface area (Å²) in [6.07, 6.45) is 3.30. The fraction of sp³-hybridized carbons (Fsp3) is 0.588. The SMILES string of the molecule is CN1CCCc2cc(CCNC(=O)C(C)(C)C)ccc21. The molecule has 3 heteroatoms. The van der Waals surface area contributed by atoms with Gasteiger partial charge in [-0.3, -0.25) is 4.79 Å². The average Bonchev–Trinajstić information content (AvgIpc) is 2.37. The van der Waals surface area contributed by atoms with Crippen LogP contribution in [0.2, 0.25) is 0 Å². The maximum Gasteiger partial charge on any atom is 0.225 e. The third kappa shape index (κ3) is 3.53. The molecule has 0 saturated carbocycles. The molecule has 1 aromatic rings. The van der Waals surface area contributed by atoms with E-state index in [1.807, 2.05) is 20.8 Å². The van der Waals surface area contributed by atoms with Crippen LogP contribution in [-0.2, 0) is 17.6 Å². The second-order valence-electron chi connectivity index (χ2n) is 6.74. The van der Waals surface area contributed by atoms with Gasteiger partial charge >= 0.3 is 0 Å². The third-order valence-corrected chi connectivity index (χ3v) is 3.88. The second kappa shape index (κ2) is 5.86. The monoisotopic (exact) mass is 274 g/mol. The number of hydrogen-bond acceptors (Lipinski definition) is 2. The van der Waals surface area contributed by atoms with E-state index in [4.69, 9.17) is 0 Å². The van der Waals surface area contributed by atoms with E-state index in [-0.39, 0.29) is 11.3 Å². The molecule has 0 fully saturated rings. The van der Waals surface area contributed by atoms with E-state index in [1.54, 1.807) is 0 Å². The van der Waals surface area contributed by atoms with Crippen LogP contribution in [0.3, 0.4) is 0 Å². The number of nitrogens with one attached hydrogen (secondary N) is 1. The molecule has 1 aromatic carbocycles. The van der Waals surface area contributed by atoms with Crippen LogP contribution in [0, 0.1) is 5.41 Å². The Kier molecular flexibility index (Phi) is 4.36. The van der Waals surface area contributed by atoms with Crippen molar-refractivity contribution in [2.24, 2.45) is 5.41 Å². The number of fused-ring (bicyclic) bond motifs is 1. The molecular formula is C17H26N2O. The van der Waals surface area contributed by atoms with Crippen LogP contribution >= 0.6 is 0 Å². The molecular weight excluding hydrogens is 248 g/mol. The molecule has 3 nitrogen and oxygen atoms in total. The fourth-order valence-electron chi connectivity index (χ4n) is 2.58. The molecule has 0 aliphatic carbocycles. The molecule has 1 aliphatic rings. The van der Waals surface area contributed by atoms with Crippen LogP contribution in [0.25, 0.3) is 0 Å². The summed E-state index contributed by atoms with van der Waals surface area (Å²) >= 11 is 0. The first-order valence-electron chi connectivity index (χ1n) is 7.49. The minimum Gasteiger partial charge on any atom is -0.374 e. The molecule has 0 aromatic heterocycles. The van der Waals surface area contributed by atoms with E-state index >= 15 is 0 Å². The zero-order valence-electron chi connectivity index (χ0n) is 13.1. The first-order chi connectivity index (χ1) is 9.38. The zero-order valence-corrected chi connectivity index (χ0v) is 13.1. The van der Waals surface area contributed by atoms with Gasteiger partial charge in [-0.1, -0.05) is 32.9 Å². The number of carbonyl (C=O) groups is 1. The molecule has 20 heavy (non-hydrogen) atoms. The fourth-order valence-corrected chi connectivity index (χ4v) is 2.58. The second-order valence-corrected chi connectivity index (χ2v) is 6.74. The molecule has 0 bridgehead atoms. The van der Waals surface area contributed by atoms with Crippen molar-refractivity contribution in [1.29, 1.82) is 0 Å². The van der Waals surface area contributed by atoms with Crippen LogP contribution in [0.5, 0.6) is 0 Å². The molecule has 0 saturated heterocycles. The van der Waals surface area contributed by atoms with Crippen LogP contribution in [0.1, 0.15) is 38.3 Å². The van der Waals surface area contributed by atoms with Gasteiger partial charge in [-0.15, -0.1) is 0 Å². The lowest BCUT2D eigenvalue weighted by Crippen LogP contribution is -2.35. The topological polar surface area (TPSA) is 32.3 Å². The van der Waals surface area contributed by atoms with Crippen molar-refractivity contribution >= 4 is 11.6 Å². The molecule has 0 unspecified atom stereocenters. The minimum absolute atomic E-state index is 0.121. The van der Waals surface area contributed by atoms with E-state index in [9.17, 15) is 4.79 Å². The highest BCUT2D eigenvalue weighted by molar-refractivity contribution is 5.81. The zero-order chi connectivity index (χ0) is 14.8. The molecule has 110 valence electrons. The largest absolute Gasteiger partial charge is 0.374 e. The standard InChI is InChI=1S/C17H26N2O/c1-17(2,3)16(20)18-10-9-13-7-8-15-14(12-13)6-5-11-19(15)4/h7-8,12H,5-6,9-11H2,1-4H3,(H,18,20). The number of hydrogen-bond donors (Lipinski definition) is 1. The van der Waals surface area contributed by atoms with Gasteiger partial charge in [-0.25, -0.2) is 0 Å². The van der Waals surface area contributed by atoms with Crippen LogP contribution in [0.4, 0.5) is 5.69 Å². The molecule has 0 atom stereocenters. The van der Waals surface area contributed by atoms with E-state index < -0.39 is 0 Å². The molecule has 0 radical (unpaired) electrons. The highest BCUT2D eigenvalue weighted by Crippen LogP contribution is 2.26. The number of carbonyl (C=O) groups excluding carboxylic acids is 1. The lowest BCUT2D eigenvalue weighted by molar-refractivity contribution is -0.128. The van der Waals surface area contributed by atoms with Crippen molar-refractivity contribution < 1.29 is 4.79 Å². The van der Waals surface area contributed by atoms with Gasteiger partial charge in [0, 0.05) is 31.2 Å². The maximum atomic E-state index is 11.8. The van der Waals surface area contributed by atoms with E-state index in [1.165, 1.54) is 29.7 Å². The van der Waals surface area contributed by atoms with Crippen molar-refractivity contribution in [2.45, 2.75) is 40.0 Å².